The molecular weight excluding hydrogens is 779 g/mol. The molecule has 0 saturated heterocycles. The zero-order valence-electron chi connectivity index (χ0n) is 34.8. The van der Waals surface area contributed by atoms with E-state index in [-0.39, 0.29) is 76.3 Å². The van der Waals surface area contributed by atoms with Gasteiger partial charge in [0.05, 0.1) is 49.7 Å². The van der Waals surface area contributed by atoms with Gasteiger partial charge in [0.25, 0.3) is 5.91 Å². The van der Waals surface area contributed by atoms with Crippen molar-refractivity contribution in [2.45, 2.75) is 69.6 Å². The van der Waals surface area contributed by atoms with Gasteiger partial charge in [-0.2, -0.15) is 5.26 Å². The maximum Gasteiger partial charge on any atom is 0.254 e. The van der Waals surface area contributed by atoms with Crippen molar-refractivity contribution in [3.05, 3.63) is 113 Å². The van der Waals surface area contributed by atoms with Crippen molar-refractivity contribution in [2.75, 3.05) is 52.8 Å². The number of carbonyl (C=O) groups excluding carboxylic acids is 2. The third-order valence-corrected chi connectivity index (χ3v) is 11.8. The van der Waals surface area contributed by atoms with Gasteiger partial charge in [-0.1, -0.05) is 42.3 Å². The molecule has 3 aromatic carbocycles. The first-order valence-corrected chi connectivity index (χ1v) is 21.3. The zero-order valence-corrected chi connectivity index (χ0v) is 34.8. The molecule has 1 heterocycles. The van der Waals surface area contributed by atoms with Crippen molar-refractivity contribution >= 4 is 17.9 Å². The van der Waals surface area contributed by atoms with Crippen LogP contribution in [0.25, 0.3) is 0 Å². The highest BCUT2D eigenvalue weighted by Crippen LogP contribution is 2.62. The number of unbranched alkanes of at least 4 members (excludes halogenated alkanes) is 2. The van der Waals surface area contributed by atoms with Gasteiger partial charge < -0.3 is 44.0 Å². The number of fused-ring (bicyclic) bond motifs is 2. The summed E-state index contributed by atoms with van der Waals surface area (Å²) in [4.78, 5) is 34.1. The fraction of sp³-hybridized carbons (Fsp3) is 0.458. The molecule has 1 amide bonds. The Bertz CT molecular complexity index is 2060. The Morgan fingerprint density at radius 2 is 1.77 bits per heavy atom. The number of rotatable bonds is 23. The molecule has 6 rings (SSSR count). The largest absolute Gasteiger partial charge is 0.459 e. The average molecular weight is 836 g/mol. The van der Waals surface area contributed by atoms with Crippen molar-refractivity contribution in [2.24, 2.45) is 22.9 Å². The van der Waals surface area contributed by atoms with Gasteiger partial charge in [0.15, 0.2) is 0 Å². The summed E-state index contributed by atoms with van der Waals surface area (Å²) in [6, 6.07) is 20.4. The first kappa shape index (κ1) is 45.2. The highest BCUT2D eigenvalue weighted by molar-refractivity contribution is 6.03. The van der Waals surface area contributed by atoms with Crippen molar-refractivity contribution in [3.63, 3.8) is 0 Å². The number of hydrogen-bond donors (Lipinski definition) is 3. The predicted molar refractivity (Wildman–Crippen MR) is 229 cm³/mol. The molecule has 324 valence electrons. The lowest BCUT2D eigenvalue weighted by molar-refractivity contribution is -0.254. The predicted octanol–water partition coefficient (Wildman–Crippen LogP) is 6.97. The van der Waals surface area contributed by atoms with Gasteiger partial charge in [-0.25, -0.2) is 0 Å². The summed E-state index contributed by atoms with van der Waals surface area (Å²) in [5.74, 6) is -1.06. The maximum absolute atomic E-state index is 15.0. The maximum atomic E-state index is 15.0. The standard InChI is InChI=1S/C48H57N3O10/c1-3-24-58-48-44(51(20-25-57-26-23-54)47(56)35-16-14-33(31-49)15-17-35)30-42(50-59-4-2)40-28-36(11-5-7-21-52)39(13-6-8-22-53)45(46(40)48)41-29-38(18-19-43(41)61-48)60-37-12-9-10-34(27-37)32-55/h3,9-10,12,14-19,27-29,32,36,39,44-46,52-54H,1,4-8,11,13,20-26,30H2,2H3. The minimum absolute atomic E-state index is 0.00958. The monoisotopic (exact) mass is 835 g/mol. The fourth-order valence-electron chi connectivity index (χ4n) is 9.22. The summed E-state index contributed by atoms with van der Waals surface area (Å²) >= 11 is 0. The smallest absolute Gasteiger partial charge is 0.254 e. The number of nitriles is 1. The summed E-state index contributed by atoms with van der Waals surface area (Å²) < 4.78 is 26.5. The van der Waals surface area contributed by atoms with E-state index in [0.29, 0.717) is 59.1 Å². The minimum Gasteiger partial charge on any atom is -0.459 e. The van der Waals surface area contributed by atoms with Gasteiger partial charge in [-0.3, -0.25) is 9.59 Å². The van der Waals surface area contributed by atoms with Gasteiger partial charge in [0.1, 0.15) is 36.2 Å². The summed E-state index contributed by atoms with van der Waals surface area (Å²) in [6.45, 7) is 6.49. The van der Waals surface area contributed by atoms with Crippen LogP contribution in [-0.4, -0.2) is 103 Å². The molecule has 2 aliphatic carbocycles. The Balaban J connectivity index is 1.59. The van der Waals surface area contributed by atoms with E-state index in [1.807, 2.05) is 25.1 Å². The molecule has 0 aromatic heterocycles. The van der Waals surface area contributed by atoms with E-state index < -0.39 is 17.7 Å². The number of aldehydes is 1. The number of ether oxygens (including phenoxy) is 4. The Kier molecular flexibility index (Phi) is 16.3. The number of aliphatic hydroxyl groups excluding tert-OH is 3. The topological polar surface area (TPSA) is 180 Å². The van der Waals surface area contributed by atoms with Crippen LogP contribution in [0.5, 0.6) is 17.2 Å². The van der Waals surface area contributed by atoms with Crippen LogP contribution >= 0.6 is 0 Å². The van der Waals surface area contributed by atoms with Crippen LogP contribution in [0.2, 0.25) is 0 Å². The molecule has 1 fully saturated rings. The molecule has 0 bridgehead atoms. The number of amides is 1. The molecular formula is C48H57N3O10. The molecule has 13 heteroatoms. The van der Waals surface area contributed by atoms with Gasteiger partial charge in [0, 0.05) is 48.8 Å². The number of allylic oxidation sites excluding steroid dienone is 1. The second-order valence-electron chi connectivity index (χ2n) is 15.5. The van der Waals surface area contributed by atoms with Crippen LogP contribution in [0.15, 0.2) is 96.2 Å². The van der Waals surface area contributed by atoms with Crippen LogP contribution in [0.1, 0.15) is 89.6 Å². The lowest BCUT2D eigenvalue weighted by atomic mass is 9.55. The highest BCUT2D eigenvalue weighted by atomic mass is 16.7. The van der Waals surface area contributed by atoms with E-state index in [2.05, 4.69) is 18.7 Å². The van der Waals surface area contributed by atoms with Crippen molar-refractivity contribution < 1.29 is 48.7 Å². The van der Waals surface area contributed by atoms with Crippen LogP contribution in [-0.2, 0) is 14.3 Å². The van der Waals surface area contributed by atoms with Gasteiger partial charge >= 0.3 is 0 Å². The number of benzene rings is 3. The SMILES string of the molecule is C=CCOC12Oc3ccc(Oc4cccc(C=O)c4)cc3C3C(CCCCO)C(CCCCO)C=C(C(=NOCC)CC1N(CCOCCO)C(=O)c1ccc(C#N)cc1)C32. The van der Waals surface area contributed by atoms with Crippen LogP contribution in [0, 0.1) is 29.1 Å². The number of hydrogen-bond acceptors (Lipinski definition) is 12. The number of oxime groups is 1. The second-order valence-corrected chi connectivity index (χ2v) is 15.5. The van der Waals surface area contributed by atoms with E-state index in [1.165, 1.54) is 0 Å². The summed E-state index contributed by atoms with van der Waals surface area (Å²) in [7, 11) is 0. The minimum atomic E-state index is -1.51. The Labute approximate surface area is 357 Å². The molecule has 3 aliphatic rings. The molecule has 1 aliphatic heterocycles. The molecule has 0 spiro atoms. The van der Waals surface area contributed by atoms with Crippen molar-refractivity contribution in [1.29, 1.82) is 5.26 Å². The molecule has 0 radical (unpaired) electrons. The fourth-order valence-corrected chi connectivity index (χ4v) is 9.22. The summed E-state index contributed by atoms with van der Waals surface area (Å²) in [6.07, 6.45) is 9.25. The summed E-state index contributed by atoms with van der Waals surface area (Å²) in [5, 5.41) is 43.7. The van der Waals surface area contributed by atoms with Crippen LogP contribution in [0.4, 0.5) is 0 Å². The first-order chi connectivity index (χ1) is 29.9. The molecule has 3 N–H and O–H groups in total. The Morgan fingerprint density at radius 3 is 2.48 bits per heavy atom. The quantitative estimate of drug-likeness (QED) is 0.0389. The van der Waals surface area contributed by atoms with Crippen LogP contribution in [0.3, 0.4) is 0 Å². The zero-order chi connectivity index (χ0) is 43.2. The van der Waals surface area contributed by atoms with E-state index in [9.17, 15) is 30.2 Å². The van der Waals surface area contributed by atoms with Crippen molar-refractivity contribution in [1.82, 2.24) is 4.90 Å². The lowest BCUT2D eigenvalue weighted by Crippen LogP contribution is -2.70. The van der Waals surface area contributed by atoms with Gasteiger partial charge in [-0.15, -0.1) is 6.58 Å². The van der Waals surface area contributed by atoms with E-state index in [1.54, 1.807) is 59.5 Å². The lowest BCUT2D eigenvalue weighted by Gasteiger charge is -2.60. The molecule has 6 atom stereocenters. The Morgan fingerprint density at radius 1 is 1.00 bits per heavy atom. The van der Waals surface area contributed by atoms with E-state index in [0.717, 1.165) is 43.1 Å². The average Bonchev–Trinajstić information content (AvgIpc) is 3.29. The van der Waals surface area contributed by atoms with Gasteiger partial charge in [-0.05, 0) is 105 Å². The number of carbonyl (C=O) groups is 2. The normalized spacial score (nSPS) is 23.1. The molecule has 6 unspecified atom stereocenters. The second kappa shape index (κ2) is 21.9. The highest BCUT2D eigenvalue weighted by Gasteiger charge is 2.65. The number of nitrogens with zero attached hydrogens (tertiary/aromatic N) is 3. The van der Waals surface area contributed by atoms with E-state index >= 15 is 0 Å². The molecule has 13 nitrogen and oxygen atoms in total. The van der Waals surface area contributed by atoms with Crippen molar-refractivity contribution in [3.8, 4) is 23.3 Å². The number of aliphatic hydroxyl groups is 3. The van der Waals surface area contributed by atoms with Gasteiger partial charge in [0.2, 0.25) is 5.79 Å². The Hall–Kier alpha value is -5.36. The first-order valence-electron chi connectivity index (χ1n) is 21.3. The van der Waals surface area contributed by atoms with Crippen LogP contribution < -0.4 is 9.47 Å². The molecule has 1 saturated carbocycles. The van der Waals surface area contributed by atoms with E-state index in [4.69, 9.17) is 28.9 Å². The molecule has 3 aromatic rings. The molecule has 61 heavy (non-hydrogen) atoms. The third-order valence-electron chi connectivity index (χ3n) is 11.8. The summed E-state index contributed by atoms with van der Waals surface area (Å²) in [5.41, 5.74) is 3.68. The third kappa shape index (κ3) is 10.2.